The second-order valence-corrected chi connectivity index (χ2v) is 10.5. The summed E-state index contributed by atoms with van der Waals surface area (Å²) in [7, 11) is 0. The highest BCUT2D eigenvalue weighted by atomic mass is 32.2. The van der Waals surface area contributed by atoms with Crippen molar-refractivity contribution >= 4 is 73.7 Å². The fourth-order valence-electron chi connectivity index (χ4n) is 3.52. The van der Waals surface area contributed by atoms with Gasteiger partial charge >= 0.3 is 0 Å². The third kappa shape index (κ3) is 3.92. The van der Waals surface area contributed by atoms with Crippen LogP contribution in [0.4, 0.5) is 5.69 Å². The molecule has 0 saturated carbocycles. The van der Waals surface area contributed by atoms with Gasteiger partial charge in [0.15, 0.2) is 4.99 Å². The summed E-state index contributed by atoms with van der Waals surface area (Å²) < 4.78 is 4.85. The number of benzene rings is 1. The Labute approximate surface area is 199 Å². The first kappa shape index (κ1) is 22.4. The molecule has 31 heavy (non-hydrogen) atoms. The van der Waals surface area contributed by atoms with Gasteiger partial charge in [0.05, 0.1) is 5.69 Å². The molecule has 4 rings (SSSR count). The Balaban J connectivity index is 1.93. The van der Waals surface area contributed by atoms with E-state index in [0.717, 1.165) is 41.5 Å². The number of allylic oxidation sites excluding steroid dienone is 1. The van der Waals surface area contributed by atoms with E-state index in [0.29, 0.717) is 25.6 Å². The van der Waals surface area contributed by atoms with Gasteiger partial charge in [0.25, 0.3) is 5.56 Å². The van der Waals surface area contributed by atoms with E-state index in [1.165, 1.54) is 23.3 Å². The van der Waals surface area contributed by atoms with Crippen molar-refractivity contribution in [2.24, 2.45) is 0 Å². The Kier molecular flexibility index (Phi) is 6.76. The number of Topliss-reactive ketones (excluding diaryl/α,β-unsaturated/α-hetero) is 1. The zero-order valence-corrected chi connectivity index (χ0v) is 20.7. The molecule has 162 valence electrons. The van der Waals surface area contributed by atoms with Gasteiger partial charge in [0.1, 0.15) is 19.1 Å². The first-order chi connectivity index (χ1) is 15.0. The van der Waals surface area contributed by atoms with Crippen molar-refractivity contribution in [3.8, 4) is 0 Å². The van der Waals surface area contributed by atoms with Crippen molar-refractivity contribution in [3.05, 3.63) is 56.5 Å². The summed E-state index contributed by atoms with van der Waals surface area (Å²) >= 11 is 9.76. The Hall–Kier alpha value is -1.81. The molecule has 3 heterocycles. The van der Waals surface area contributed by atoms with E-state index in [1.54, 1.807) is 22.4 Å². The second kappa shape index (κ2) is 9.36. The summed E-state index contributed by atoms with van der Waals surface area (Å²) in [5, 5.41) is 0.921. The lowest BCUT2D eigenvalue weighted by Crippen LogP contribution is -2.34. The maximum atomic E-state index is 13.5. The van der Waals surface area contributed by atoms with Gasteiger partial charge in [-0.2, -0.15) is 0 Å². The average Bonchev–Trinajstić information content (AvgIpc) is 3.39. The van der Waals surface area contributed by atoms with Crippen LogP contribution in [0.15, 0.2) is 46.6 Å². The molecule has 0 aliphatic carbocycles. The summed E-state index contributed by atoms with van der Waals surface area (Å²) in [4.78, 5) is 30.6. The number of nitrogens with zero attached hydrogens (tertiary/aromatic N) is 3. The molecule has 0 amide bonds. The third-order valence-electron chi connectivity index (χ3n) is 5.05. The Bertz CT molecular complexity index is 1240. The highest BCUT2D eigenvalue weighted by Crippen LogP contribution is 2.45. The zero-order chi connectivity index (χ0) is 22.1. The lowest BCUT2D eigenvalue weighted by Gasteiger charge is -2.16. The number of thiazole rings is 1. The van der Waals surface area contributed by atoms with Gasteiger partial charge in [-0.15, -0.1) is 17.9 Å². The second-order valence-electron chi connectivity index (χ2n) is 7.07. The van der Waals surface area contributed by atoms with Crippen molar-refractivity contribution in [1.82, 2.24) is 8.87 Å². The molecule has 0 spiro atoms. The molecule has 0 unspecified atom stereocenters. The lowest BCUT2D eigenvalue weighted by atomic mass is 10.3. The van der Waals surface area contributed by atoms with Crippen LogP contribution in [0.2, 0.25) is 0 Å². The van der Waals surface area contributed by atoms with Crippen molar-refractivity contribution in [1.29, 1.82) is 0 Å². The number of rotatable bonds is 6. The van der Waals surface area contributed by atoms with E-state index in [1.807, 2.05) is 16.4 Å². The number of carbonyl (C=O) groups is 1. The molecular formula is C22H23N3O2S4. The van der Waals surface area contributed by atoms with E-state index < -0.39 is 0 Å². The van der Waals surface area contributed by atoms with Gasteiger partial charge in [-0.05, 0) is 37.4 Å². The molecule has 1 aromatic carbocycles. The summed E-state index contributed by atoms with van der Waals surface area (Å²) in [5.74, 6) is -0.165. The molecule has 2 aliphatic heterocycles. The maximum absolute atomic E-state index is 13.5. The van der Waals surface area contributed by atoms with Crippen LogP contribution < -0.4 is 19.7 Å². The fourth-order valence-corrected chi connectivity index (χ4v) is 7.54. The minimum Gasteiger partial charge on any atom is -0.334 e. The SMILES string of the molecule is C=CCn1c(=C2SN(CCCC)C(=S)C2=O)sc(=C2Sc3ccccc3N2CC)c1=O. The summed E-state index contributed by atoms with van der Waals surface area (Å²) in [6, 6.07) is 8.16. The molecule has 1 fully saturated rings. The number of thioether (sulfide) groups is 1. The zero-order valence-electron chi connectivity index (χ0n) is 17.4. The van der Waals surface area contributed by atoms with E-state index in [-0.39, 0.29) is 11.3 Å². The summed E-state index contributed by atoms with van der Waals surface area (Å²) in [6.45, 7) is 9.83. The fraction of sp³-hybridized carbons (Fsp3) is 0.318. The minimum absolute atomic E-state index is 0.0903. The predicted octanol–water partition coefficient (Wildman–Crippen LogP) is 3.56. The van der Waals surface area contributed by atoms with Crippen LogP contribution in [0.5, 0.6) is 0 Å². The first-order valence-corrected chi connectivity index (χ1v) is 13.0. The van der Waals surface area contributed by atoms with Gasteiger partial charge in [0, 0.05) is 24.5 Å². The predicted molar refractivity (Wildman–Crippen MR) is 137 cm³/mol. The highest BCUT2D eigenvalue weighted by Gasteiger charge is 2.34. The van der Waals surface area contributed by atoms with E-state index >= 15 is 0 Å². The van der Waals surface area contributed by atoms with Gasteiger partial charge in [-0.1, -0.05) is 55.5 Å². The number of hydrogen-bond donors (Lipinski definition) is 0. The number of hydrogen-bond acceptors (Lipinski definition) is 7. The monoisotopic (exact) mass is 489 g/mol. The summed E-state index contributed by atoms with van der Waals surface area (Å²) in [5.41, 5.74) is 1.02. The largest absolute Gasteiger partial charge is 0.334 e. The van der Waals surface area contributed by atoms with Crippen LogP contribution >= 0.6 is 47.3 Å². The van der Waals surface area contributed by atoms with Gasteiger partial charge in [-0.3, -0.25) is 18.5 Å². The molecule has 9 heteroatoms. The third-order valence-corrected chi connectivity index (χ3v) is 9.35. The van der Waals surface area contributed by atoms with Gasteiger partial charge in [0.2, 0.25) is 5.78 Å². The lowest BCUT2D eigenvalue weighted by molar-refractivity contribution is -0.107. The van der Waals surface area contributed by atoms with Crippen molar-refractivity contribution in [2.45, 2.75) is 38.1 Å². The Morgan fingerprint density at radius 2 is 1.97 bits per heavy atom. The normalized spacial score (nSPS) is 19.4. The number of anilines is 1. The Morgan fingerprint density at radius 1 is 1.19 bits per heavy atom. The molecule has 1 aromatic heterocycles. The highest BCUT2D eigenvalue weighted by molar-refractivity contribution is 8.10. The molecule has 2 aromatic rings. The molecule has 0 bridgehead atoms. The molecular weight excluding hydrogens is 467 g/mol. The van der Waals surface area contributed by atoms with Crippen molar-refractivity contribution < 1.29 is 4.79 Å². The van der Waals surface area contributed by atoms with Crippen LogP contribution in [0, 0.1) is 0 Å². The summed E-state index contributed by atoms with van der Waals surface area (Å²) in [6.07, 6.45) is 3.68. The maximum Gasteiger partial charge on any atom is 0.272 e. The van der Waals surface area contributed by atoms with Crippen molar-refractivity contribution in [2.75, 3.05) is 18.0 Å². The number of ketones is 1. The van der Waals surface area contributed by atoms with Crippen LogP contribution in [-0.2, 0) is 11.3 Å². The van der Waals surface area contributed by atoms with Crippen molar-refractivity contribution in [3.63, 3.8) is 0 Å². The number of thiocarbonyl (C=S) groups is 1. The van der Waals surface area contributed by atoms with Gasteiger partial charge in [-0.25, -0.2) is 0 Å². The molecule has 2 aliphatic rings. The Morgan fingerprint density at radius 3 is 2.68 bits per heavy atom. The quantitative estimate of drug-likeness (QED) is 0.349. The number of aromatic nitrogens is 1. The number of carbonyl (C=O) groups excluding carboxylic acids is 1. The number of unbranched alkanes of at least 4 members (excludes halogenated alkanes) is 1. The van der Waals surface area contributed by atoms with E-state index in [2.05, 4.69) is 37.5 Å². The molecule has 5 nitrogen and oxygen atoms in total. The van der Waals surface area contributed by atoms with E-state index in [9.17, 15) is 9.59 Å². The first-order valence-electron chi connectivity index (χ1n) is 10.2. The van der Waals surface area contributed by atoms with Crippen LogP contribution in [0.25, 0.3) is 9.93 Å². The molecule has 0 radical (unpaired) electrons. The van der Waals surface area contributed by atoms with Crippen LogP contribution in [0.1, 0.15) is 26.7 Å². The number of fused-ring (bicyclic) bond motifs is 1. The molecule has 1 saturated heterocycles. The smallest absolute Gasteiger partial charge is 0.272 e. The van der Waals surface area contributed by atoms with Crippen LogP contribution in [-0.4, -0.2) is 32.7 Å². The topological polar surface area (TPSA) is 45.6 Å². The average molecular weight is 490 g/mol. The van der Waals surface area contributed by atoms with E-state index in [4.69, 9.17) is 12.2 Å². The van der Waals surface area contributed by atoms with Gasteiger partial charge < -0.3 is 4.90 Å². The molecule has 0 N–H and O–H groups in total. The van der Waals surface area contributed by atoms with Crippen LogP contribution in [0.3, 0.4) is 0 Å². The minimum atomic E-state index is -0.165. The number of para-hydroxylation sites is 1. The standard InChI is InChI=1S/C22H23N3O2S4/c1-4-7-13-25-20(28)16(26)17(31-25)21-24(12-5-2)19(27)18(30-21)22-23(6-3)14-10-8-9-11-15(14)29-22/h5,8-11H,2,4,6-7,12-13H2,1,3H3. The molecule has 0 atom stereocenters.